The van der Waals surface area contributed by atoms with Crippen molar-refractivity contribution in [1.82, 2.24) is 10.0 Å². The van der Waals surface area contributed by atoms with Crippen LogP contribution in [0.15, 0.2) is 29.2 Å². The van der Waals surface area contributed by atoms with E-state index < -0.39 is 10.0 Å². The molecule has 1 amide bonds. The molecule has 7 heteroatoms. The van der Waals surface area contributed by atoms with Gasteiger partial charge >= 0.3 is 0 Å². The second-order valence-electron chi connectivity index (χ2n) is 4.61. The molecule has 6 nitrogen and oxygen atoms in total. The highest BCUT2D eigenvalue weighted by Gasteiger charge is 2.12. The minimum Gasteiger partial charge on any atom is -0.325 e. The molecule has 0 fully saturated rings. The maximum atomic E-state index is 11.7. The summed E-state index contributed by atoms with van der Waals surface area (Å²) in [7, 11) is -3.45. The zero-order chi connectivity index (χ0) is 15.2. The molecule has 1 rings (SSSR count). The fourth-order valence-corrected chi connectivity index (χ4v) is 2.53. The number of hydrogen-bond acceptors (Lipinski definition) is 4. The Kier molecular flexibility index (Phi) is 6.12. The Balaban J connectivity index is 2.65. The Morgan fingerprint density at radius 3 is 2.30 bits per heavy atom. The summed E-state index contributed by atoms with van der Waals surface area (Å²) in [6.07, 6.45) is 0. The molecule has 0 heterocycles. The summed E-state index contributed by atoms with van der Waals surface area (Å²) < 4.78 is 25.9. The van der Waals surface area contributed by atoms with E-state index in [9.17, 15) is 13.2 Å². The molecule has 20 heavy (non-hydrogen) atoms. The van der Waals surface area contributed by atoms with Gasteiger partial charge < -0.3 is 10.6 Å². The van der Waals surface area contributed by atoms with E-state index in [0.717, 1.165) is 0 Å². The number of sulfonamides is 1. The molecule has 0 radical (unpaired) electrons. The molecular weight excluding hydrogens is 278 g/mol. The Labute approximate surface area is 120 Å². The first-order chi connectivity index (χ1) is 9.35. The van der Waals surface area contributed by atoms with Gasteiger partial charge in [-0.25, -0.2) is 13.1 Å². The highest BCUT2D eigenvalue weighted by atomic mass is 32.2. The zero-order valence-corrected chi connectivity index (χ0v) is 12.8. The minimum absolute atomic E-state index is 0.166. The van der Waals surface area contributed by atoms with Crippen LogP contribution in [0.5, 0.6) is 0 Å². The van der Waals surface area contributed by atoms with Crippen molar-refractivity contribution in [2.24, 2.45) is 0 Å². The van der Waals surface area contributed by atoms with Gasteiger partial charge in [0.2, 0.25) is 15.9 Å². The summed E-state index contributed by atoms with van der Waals surface area (Å²) >= 11 is 0. The van der Waals surface area contributed by atoms with Crippen molar-refractivity contribution in [3.05, 3.63) is 24.3 Å². The second kappa shape index (κ2) is 7.37. The van der Waals surface area contributed by atoms with Gasteiger partial charge in [0.25, 0.3) is 0 Å². The predicted octanol–water partition coefficient (Wildman–Crippen LogP) is 0.921. The highest BCUT2D eigenvalue weighted by molar-refractivity contribution is 7.89. The van der Waals surface area contributed by atoms with Crippen molar-refractivity contribution in [3.63, 3.8) is 0 Å². The van der Waals surface area contributed by atoms with Crippen LogP contribution >= 0.6 is 0 Å². The SMILES string of the molecule is CCNS(=O)(=O)c1ccc(NC(=O)CNC(C)C)cc1. The largest absolute Gasteiger partial charge is 0.325 e. The summed E-state index contributed by atoms with van der Waals surface area (Å²) in [5.74, 6) is -0.166. The molecule has 0 saturated carbocycles. The van der Waals surface area contributed by atoms with E-state index >= 15 is 0 Å². The third kappa shape index (κ3) is 5.28. The monoisotopic (exact) mass is 299 g/mol. The van der Waals surface area contributed by atoms with E-state index in [0.29, 0.717) is 12.2 Å². The van der Waals surface area contributed by atoms with Gasteiger partial charge in [0.15, 0.2) is 0 Å². The Bertz CT molecular complexity index is 538. The van der Waals surface area contributed by atoms with Crippen molar-refractivity contribution in [2.45, 2.75) is 31.7 Å². The van der Waals surface area contributed by atoms with Gasteiger partial charge in [-0.3, -0.25) is 4.79 Å². The van der Waals surface area contributed by atoms with Crippen molar-refractivity contribution in [3.8, 4) is 0 Å². The van der Waals surface area contributed by atoms with Crippen molar-refractivity contribution in [1.29, 1.82) is 0 Å². The van der Waals surface area contributed by atoms with Crippen molar-refractivity contribution in [2.75, 3.05) is 18.4 Å². The average molecular weight is 299 g/mol. The first-order valence-electron chi connectivity index (χ1n) is 6.48. The fraction of sp³-hybridized carbons (Fsp3) is 0.462. The van der Waals surface area contributed by atoms with Crippen molar-refractivity contribution < 1.29 is 13.2 Å². The number of hydrogen-bond donors (Lipinski definition) is 3. The lowest BCUT2D eigenvalue weighted by Crippen LogP contribution is -2.32. The standard InChI is InChI=1S/C13H21N3O3S/c1-4-15-20(18,19)12-7-5-11(6-8-12)16-13(17)9-14-10(2)3/h5-8,10,14-15H,4,9H2,1-3H3,(H,16,17). The van der Waals surface area contributed by atoms with Crippen LogP contribution in [0.25, 0.3) is 0 Å². The molecule has 3 N–H and O–H groups in total. The van der Waals surface area contributed by atoms with E-state index in [2.05, 4.69) is 15.4 Å². The normalized spacial score (nSPS) is 11.6. The van der Waals surface area contributed by atoms with Gasteiger partial charge in [0.1, 0.15) is 0 Å². The lowest BCUT2D eigenvalue weighted by molar-refractivity contribution is -0.115. The molecule has 1 aromatic rings. The summed E-state index contributed by atoms with van der Waals surface area (Å²) in [4.78, 5) is 11.8. The molecule has 0 aromatic heterocycles. The molecule has 1 aromatic carbocycles. The Hall–Kier alpha value is -1.44. The van der Waals surface area contributed by atoms with E-state index in [4.69, 9.17) is 0 Å². The number of carbonyl (C=O) groups is 1. The van der Waals surface area contributed by atoms with Gasteiger partial charge in [-0.2, -0.15) is 0 Å². The van der Waals surface area contributed by atoms with Crippen LogP contribution in [0.3, 0.4) is 0 Å². The summed E-state index contributed by atoms with van der Waals surface area (Å²) in [6, 6.07) is 6.29. The molecule has 0 saturated heterocycles. The molecular formula is C13H21N3O3S. The second-order valence-corrected chi connectivity index (χ2v) is 6.38. The minimum atomic E-state index is -3.45. The summed E-state index contributed by atoms with van der Waals surface area (Å²) in [6.45, 7) is 6.17. The van der Waals surface area contributed by atoms with E-state index in [1.807, 2.05) is 13.8 Å². The molecule has 0 unspecified atom stereocenters. The van der Waals surface area contributed by atoms with Gasteiger partial charge in [0.05, 0.1) is 11.4 Å². The third-order valence-corrected chi connectivity index (χ3v) is 4.02. The molecule has 0 bridgehead atoms. The first kappa shape index (κ1) is 16.6. The average Bonchev–Trinajstić information content (AvgIpc) is 2.37. The van der Waals surface area contributed by atoms with E-state index in [1.165, 1.54) is 12.1 Å². The summed E-state index contributed by atoms with van der Waals surface area (Å²) in [5.41, 5.74) is 0.566. The van der Waals surface area contributed by atoms with Crippen LogP contribution in [0.1, 0.15) is 20.8 Å². The molecule has 0 atom stereocenters. The molecule has 0 spiro atoms. The van der Waals surface area contributed by atoms with Gasteiger partial charge in [-0.05, 0) is 24.3 Å². The number of rotatable bonds is 7. The molecule has 112 valence electrons. The number of nitrogens with one attached hydrogen (secondary N) is 3. The van der Waals surface area contributed by atoms with Crippen LogP contribution in [-0.4, -0.2) is 33.5 Å². The topological polar surface area (TPSA) is 87.3 Å². The number of amides is 1. The summed E-state index contributed by atoms with van der Waals surface area (Å²) in [5, 5.41) is 5.69. The van der Waals surface area contributed by atoms with Crippen LogP contribution in [0.4, 0.5) is 5.69 Å². The van der Waals surface area contributed by atoms with Crippen LogP contribution in [0.2, 0.25) is 0 Å². The van der Waals surface area contributed by atoms with E-state index in [-0.39, 0.29) is 23.4 Å². The highest BCUT2D eigenvalue weighted by Crippen LogP contribution is 2.13. The van der Waals surface area contributed by atoms with Crippen LogP contribution in [-0.2, 0) is 14.8 Å². The lowest BCUT2D eigenvalue weighted by atomic mass is 10.3. The quantitative estimate of drug-likeness (QED) is 0.699. The maximum Gasteiger partial charge on any atom is 0.240 e. The third-order valence-electron chi connectivity index (χ3n) is 2.45. The van der Waals surface area contributed by atoms with Crippen molar-refractivity contribution >= 4 is 21.6 Å². The van der Waals surface area contributed by atoms with Gasteiger partial charge in [0, 0.05) is 18.3 Å². The number of anilines is 1. The Morgan fingerprint density at radius 2 is 1.80 bits per heavy atom. The molecule has 0 aliphatic carbocycles. The maximum absolute atomic E-state index is 11.7. The van der Waals surface area contributed by atoms with Crippen LogP contribution < -0.4 is 15.4 Å². The predicted molar refractivity (Wildman–Crippen MR) is 79.1 cm³/mol. The van der Waals surface area contributed by atoms with Crippen LogP contribution in [0, 0.1) is 0 Å². The first-order valence-corrected chi connectivity index (χ1v) is 7.96. The lowest BCUT2D eigenvalue weighted by Gasteiger charge is -2.09. The smallest absolute Gasteiger partial charge is 0.240 e. The van der Waals surface area contributed by atoms with Gasteiger partial charge in [-0.15, -0.1) is 0 Å². The molecule has 0 aliphatic heterocycles. The van der Waals surface area contributed by atoms with E-state index in [1.54, 1.807) is 19.1 Å². The van der Waals surface area contributed by atoms with Gasteiger partial charge in [-0.1, -0.05) is 20.8 Å². The zero-order valence-electron chi connectivity index (χ0n) is 11.9. The number of benzene rings is 1. The fourth-order valence-electron chi connectivity index (χ4n) is 1.49. The number of carbonyl (C=O) groups excluding carboxylic acids is 1. The molecule has 0 aliphatic rings. The Morgan fingerprint density at radius 1 is 1.20 bits per heavy atom.